The Hall–Kier alpha value is -6.11. The molecule has 2 atom stereocenters. The number of pyridine rings is 1. The van der Waals surface area contributed by atoms with E-state index in [1.807, 2.05) is 29.0 Å². The lowest BCUT2D eigenvalue weighted by Crippen LogP contribution is -2.52. The smallest absolute Gasteiger partial charge is 0.301 e. The number of nitrogens with one attached hydrogen (secondary N) is 3. The first-order valence-electron chi connectivity index (χ1n) is 23.0. The molecule has 0 bridgehead atoms. The molecule has 14 nitrogen and oxygen atoms in total. The van der Waals surface area contributed by atoms with Crippen LogP contribution in [0.1, 0.15) is 82.4 Å². The van der Waals surface area contributed by atoms with E-state index in [2.05, 4.69) is 43.3 Å². The highest BCUT2D eigenvalue weighted by Gasteiger charge is 2.40. The maximum Gasteiger partial charge on any atom is 0.301 e. The number of imide groups is 1. The van der Waals surface area contributed by atoms with Crippen molar-refractivity contribution in [3.8, 4) is 11.1 Å². The van der Waals surface area contributed by atoms with Gasteiger partial charge in [0.2, 0.25) is 17.6 Å². The van der Waals surface area contributed by atoms with Gasteiger partial charge in [0.15, 0.2) is 5.82 Å². The number of anilines is 2. The van der Waals surface area contributed by atoms with E-state index in [0.29, 0.717) is 47.0 Å². The monoisotopic (exact) mass is 936 g/mol. The molecule has 350 valence electrons. The summed E-state index contributed by atoms with van der Waals surface area (Å²) in [6, 6.07) is 17.0. The van der Waals surface area contributed by atoms with Gasteiger partial charge in [0.1, 0.15) is 23.7 Å². The number of fused-ring (bicyclic) bond motifs is 2. The second-order valence-corrected chi connectivity index (χ2v) is 20.3. The first-order chi connectivity index (χ1) is 32.3. The normalized spacial score (nSPS) is 21.3. The molecule has 0 saturated carbocycles. The predicted octanol–water partition coefficient (Wildman–Crippen LogP) is 6.37. The van der Waals surface area contributed by atoms with Crippen LogP contribution >= 0.6 is 0 Å². The molecular formula is C49H51F3N8O6S. The van der Waals surface area contributed by atoms with Crippen LogP contribution in [-0.2, 0) is 32.8 Å². The van der Waals surface area contributed by atoms with E-state index in [9.17, 15) is 32.0 Å². The van der Waals surface area contributed by atoms with Crippen LogP contribution < -0.4 is 14.9 Å². The van der Waals surface area contributed by atoms with Gasteiger partial charge in [0, 0.05) is 85.8 Å². The number of amides is 3. The van der Waals surface area contributed by atoms with Crippen molar-refractivity contribution in [2.45, 2.75) is 70.1 Å². The number of carbonyl (C=O) groups excluding carboxylic acids is 4. The summed E-state index contributed by atoms with van der Waals surface area (Å²) in [4.78, 5) is 65.0. The quantitative estimate of drug-likeness (QED) is 0.0952. The summed E-state index contributed by atoms with van der Waals surface area (Å²) < 4.78 is 73.1. The average molecular weight is 937 g/mol. The maximum atomic E-state index is 15.8. The van der Waals surface area contributed by atoms with Crippen molar-refractivity contribution in [2.24, 2.45) is 11.8 Å². The molecule has 5 aromatic rings. The minimum Gasteiger partial charge on any atom is -0.372 e. The molecule has 5 aliphatic rings. The van der Waals surface area contributed by atoms with Gasteiger partial charge in [-0.1, -0.05) is 24.3 Å². The van der Waals surface area contributed by atoms with Gasteiger partial charge in [0.05, 0.1) is 11.3 Å². The number of benzene rings is 3. The summed E-state index contributed by atoms with van der Waals surface area (Å²) in [5, 5.41) is 2.71. The molecule has 2 aromatic heterocycles. The topological polar surface area (TPSA) is 168 Å². The number of aromatic amines is 1. The van der Waals surface area contributed by atoms with Gasteiger partial charge in [0.25, 0.3) is 5.91 Å². The lowest BCUT2D eigenvalue weighted by molar-refractivity contribution is -0.136. The lowest BCUT2D eigenvalue weighted by atomic mass is 9.88. The van der Waals surface area contributed by atoms with Gasteiger partial charge in [-0.2, -0.15) is 12.7 Å². The van der Waals surface area contributed by atoms with Crippen LogP contribution in [0.2, 0.25) is 0 Å². The molecule has 4 saturated heterocycles. The minimum absolute atomic E-state index is 0.00665. The van der Waals surface area contributed by atoms with Crippen LogP contribution in [0.5, 0.6) is 0 Å². The highest BCUT2D eigenvalue weighted by Crippen LogP contribution is 2.34. The van der Waals surface area contributed by atoms with Crippen LogP contribution in [0.4, 0.5) is 24.5 Å². The van der Waals surface area contributed by atoms with Gasteiger partial charge in [-0.05, 0) is 123 Å². The van der Waals surface area contributed by atoms with Crippen molar-refractivity contribution in [3.63, 3.8) is 0 Å². The predicted molar refractivity (Wildman–Crippen MR) is 245 cm³/mol. The number of ketones is 1. The highest BCUT2D eigenvalue weighted by atomic mass is 32.2. The summed E-state index contributed by atoms with van der Waals surface area (Å²) in [5.41, 5.74) is 4.19. The third-order valence-electron chi connectivity index (χ3n) is 14.3. The van der Waals surface area contributed by atoms with Gasteiger partial charge < -0.3 is 19.7 Å². The van der Waals surface area contributed by atoms with Gasteiger partial charge >= 0.3 is 10.2 Å². The SMILES string of the molecule is O=C1CCC(N2Cc3cc(N4CCC(CN5CCC(Cc6ccc(-c7cnc8[nH]cc(C(=O)c9c(F)ccc(NS(=O)(=O)N%10CC[C@@H](F)C%10)c9F)c8c7)cc6)CC5)CC4)ccc3C2=O)C(=O)N1. The molecule has 5 aliphatic heterocycles. The standard InChI is InChI=1S/C49H51F3N8O6S/c50-35-15-20-59(28-35)67(65,66)56-41-8-7-40(51)44(45(41)52)46(62)39-25-54-47-38(39)23-33(24-53-47)32-3-1-29(2-4-32)21-30-11-16-57(17-12-30)26-31-13-18-58(19-14-31)36-5-6-37-34(22-36)27-60(49(37)64)42-9-10-43(61)55-48(42)63/h1-8,22-25,30-31,35,42,56H,9-21,26-28H2,(H,53,54)(H,55,61,63)/t35-,42?/m1/s1. The Kier molecular flexibility index (Phi) is 12.1. The molecule has 67 heavy (non-hydrogen) atoms. The molecule has 18 heteroatoms. The molecule has 4 fully saturated rings. The van der Waals surface area contributed by atoms with Crippen LogP contribution in [-0.4, -0.2) is 114 Å². The number of likely N-dealkylation sites (tertiary alicyclic amines) is 1. The van der Waals surface area contributed by atoms with Crippen molar-refractivity contribution in [1.82, 2.24) is 29.4 Å². The van der Waals surface area contributed by atoms with Crippen molar-refractivity contribution in [1.29, 1.82) is 0 Å². The Morgan fingerprint density at radius 3 is 2.34 bits per heavy atom. The fourth-order valence-corrected chi connectivity index (χ4v) is 11.7. The number of nitrogens with zero attached hydrogens (tertiary/aromatic N) is 5. The number of halogens is 3. The van der Waals surface area contributed by atoms with Crippen molar-refractivity contribution >= 4 is 56.1 Å². The fraction of sp³-hybridized carbons (Fsp3) is 0.408. The van der Waals surface area contributed by atoms with Gasteiger partial charge in [-0.3, -0.25) is 29.2 Å². The summed E-state index contributed by atoms with van der Waals surface area (Å²) in [7, 11) is -4.35. The molecule has 3 amide bonds. The Labute approximate surface area is 386 Å². The number of piperidine rings is 3. The molecule has 10 rings (SSSR count). The first kappa shape index (κ1) is 44.7. The maximum absolute atomic E-state index is 15.8. The molecule has 1 unspecified atom stereocenters. The lowest BCUT2D eigenvalue weighted by Gasteiger charge is -2.38. The Morgan fingerprint density at radius 1 is 0.851 bits per heavy atom. The number of hydrogen-bond donors (Lipinski definition) is 3. The summed E-state index contributed by atoms with van der Waals surface area (Å²) >= 11 is 0. The minimum atomic E-state index is -4.35. The third-order valence-corrected chi connectivity index (χ3v) is 15.8. The molecular weight excluding hydrogens is 886 g/mol. The summed E-state index contributed by atoms with van der Waals surface area (Å²) in [6.07, 6.45) is 7.60. The molecule has 0 spiro atoms. The first-order valence-corrected chi connectivity index (χ1v) is 24.5. The molecule has 0 aliphatic carbocycles. The van der Waals surface area contributed by atoms with Crippen LogP contribution in [0.3, 0.4) is 0 Å². The molecule has 3 aromatic carbocycles. The van der Waals surface area contributed by atoms with E-state index in [1.54, 1.807) is 17.2 Å². The second kappa shape index (κ2) is 18.2. The number of alkyl halides is 1. The van der Waals surface area contributed by atoms with Gasteiger partial charge in [-0.15, -0.1) is 0 Å². The van der Waals surface area contributed by atoms with Gasteiger partial charge in [-0.25, -0.2) is 18.2 Å². The van der Waals surface area contributed by atoms with E-state index >= 15 is 8.78 Å². The van der Waals surface area contributed by atoms with Crippen molar-refractivity contribution in [2.75, 3.05) is 55.4 Å². The zero-order chi connectivity index (χ0) is 46.6. The number of carbonyl (C=O) groups is 4. The number of rotatable bonds is 12. The van der Waals surface area contributed by atoms with Crippen LogP contribution in [0.15, 0.2) is 73.1 Å². The van der Waals surface area contributed by atoms with E-state index in [4.69, 9.17) is 0 Å². The summed E-state index contributed by atoms with van der Waals surface area (Å²) in [6.45, 7) is 4.99. The van der Waals surface area contributed by atoms with E-state index in [1.165, 1.54) is 11.8 Å². The second-order valence-electron chi connectivity index (χ2n) is 18.6. The van der Waals surface area contributed by atoms with Crippen molar-refractivity contribution < 1.29 is 40.8 Å². The Balaban J connectivity index is 0.710. The molecule has 0 radical (unpaired) electrons. The zero-order valence-corrected chi connectivity index (χ0v) is 37.6. The Morgan fingerprint density at radius 2 is 1.61 bits per heavy atom. The largest absolute Gasteiger partial charge is 0.372 e. The highest BCUT2D eigenvalue weighted by molar-refractivity contribution is 7.90. The van der Waals surface area contributed by atoms with E-state index in [-0.39, 0.29) is 43.3 Å². The number of H-pyrrole nitrogens is 1. The Bertz CT molecular complexity index is 2880. The zero-order valence-electron chi connectivity index (χ0n) is 36.8. The average Bonchev–Trinajstić information content (AvgIpc) is 4.05. The number of aromatic nitrogens is 2. The van der Waals surface area contributed by atoms with E-state index < -0.39 is 57.0 Å². The van der Waals surface area contributed by atoms with Crippen molar-refractivity contribution in [3.05, 3.63) is 113 Å². The molecule has 7 heterocycles. The molecule has 3 N–H and O–H groups in total. The summed E-state index contributed by atoms with van der Waals surface area (Å²) in [5.74, 6) is -3.20. The third kappa shape index (κ3) is 9.05. The van der Waals surface area contributed by atoms with Crippen LogP contribution in [0, 0.1) is 23.5 Å². The van der Waals surface area contributed by atoms with Crippen LogP contribution in [0.25, 0.3) is 22.2 Å². The van der Waals surface area contributed by atoms with E-state index in [0.717, 1.165) is 98.1 Å². The number of hydrogen-bond acceptors (Lipinski definition) is 9. The fourth-order valence-electron chi connectivity index (χ4n) is 10.5.